The van der Waals surface area contributed by atoms with E-state index in [4.69, 9.17) is 0 Å². The van der Waals surface area contributed by atoms with Gasteiger partial charge in [-0.3, -0.25) is 14.2 Å². The molecule has 1 amide bonds. The molecule has 0 spiro atoms. The van der Waals surface area contributed by atoms with Crippen molar-refractivity contribution in [3.8, 4) is 0 Å². The van der Waals surface area contributed by atoms with E-state index in [-0.39, 0.29) is 17.4 Å². The molecule has 0 aromatic carbocycles. The minimum atomic E-state index is -0.0468. The molecule has 1 aliphatic rings. The topological polar surface area (TPSA) is 55.2 Å². The lowest BCUT2D eigenvalue weighted by molar-refractivity contribution is -0.126. The van der Waals surface area contributed by atoms with Crippen LogP contribution in [0.5, 0.6) is 0 Å². The fourth-order valence-electron chi connectivity index (χ4n) is 2.01. The van der Waals surface area contributed by atoms with Crippen LogP contribution in [0.4, 0.5) is 0 Å². The number of hydrogen-bond donors (Lipinski definition) is 0. The highest BCUT2D eigenvalue weighted by molar-refractivity contribution is 5.78. The Kier molecular flexibility index (Phi) is 2.77. The quantitative estimate of drug-likeness (QED) is 0.708. The Balaban J connectivity index is 2.10. The summed E-state index contributed by atoms with van der Waals surface area (Å²) in [6, 6.07) is 1.51. The summed E-state index contributed by atoms with van der Waals surface area (Å²) in [6.45, 7) is 3.08. The van der Waals surface area contributed by atoms with E-state index in [1.165, 1.54) is 6.07 Å². The van der Waals surface area contributed by atoms with Crippen molar-refractivity contribution >= 4 is 5.91 Å². The smallest absolute Gasteiger partial charge is 0.253 e. The normalized spacial score (nSPS) is 20.5. The molecular weight excluding hydrogens is 206 g/mol. The Morgan fingerprint density at radius 1 is 1.50 bits per heavy atom. The SMILES string of the molecule is Cc1cc(=O)n(CC2CC(=O)N(C)C2)cn1. The van der Waals surface area contributed by atoms with E-state index in [1.54, 1.807) is 29.8 Å². The van der Waals surface area contributed by atoms with Gasteiger partial charge < -0.3 is 4.90 Å². The highest BCUT2D eigenvalue weighted by atomic mass is 16.2. The number of rotatable bonds is 2. The van der Waals surface area contributed by atoms with Crippen molar-refractivity contribution in [2.75, 3.05) is 13.6 Å². The standard InChI is InChI=1S/C11H15N3O2/c1-8-3-11(16)14(7-12-8)6-9-4-10(15)13(2)5-9/h3,7,9H,4-6H2,1-2H3. The number of hydrogen-bond acceptors (Lipinski definition) is 3. The zero-order chi connectivity index (χ0) is 11.7. The van der Waals surface area contributed by atoms with Gasteiger partial charge in [0.05, 0.1) is 6.33 Å². The summed E-state index contributed by atoms with van der Waals surface area (Å²) in [6.07, 6.45) is 2.08. The second kappa shape index (κ2) is 4.08. The molecule has 0 N–H and O–H groups in total. The third-order valence-corrected chi connectivity index (χ3v) is 2.89. The fourth-order valence-corrected chi connectivity index (χ4v) is 2.01. The lowest BCUT2D eigenvalue weighted by atomic mass is 10.1. The first kappa shape index (κ1) is 10.9. The lowest BCUT2D eigenvalue weighted by Crippen LogP contribution is -2.25. The van der Waals surface area contributed by atoms with Gasteiger partial charge in [0.2, 0.25) is 5.91 Å². The second-order valence-electron chi connectivity index (χ2n) is 4.37. The molecule has 1 atom stereocenters. The molecule has 16 heavy (non-hydrogen) atoms. The van der Waals surface area contributed by atoms with Gasteiger partial charge in [-0.1, -0.05) is 0 Å². The van der Waals surface area contributed by atoms with Gasteiger partial charge in [0, 0.05) is 44.2 Å². The average molecular weight is 221 g/mol. The van der Waals surface area contributed by atoms with Gasteiger partial charge in [0.1, 0.15) is 0 Å². The van der Waals surface area contributed by atoms with E-state index in [2.05, 4.69) is 4.98 Å². The van der Waals surface area contributed by atoms with Crippen molar-refractivity contribution in [2.24, 2.45) is 5.92 Å². The highest BCUT2D eigenvalue weighted by Gasteiger charge is 2.26. The Morgan fingerprint density at radius 3 is 2.81 bits per heavy atom. The molecule has 2 heterocycles. The van der Waals surface area contributed by atoms with Crippen molar-refractivity contribution in [3.05, 3.63) is 28.4 Å². The Labute approximate surface area is 93.7 Å². The van der Waals surface area contributed by atoms with E-state index in [0.717, 1.165) is 12.2 Å². The van der Waals surface area contributed by atoms with Crippen LogP contribution in [-0.2, 0) is 11.3 Å². The maximum absolute atomic E-state index is 11.6. The van der Waals surface area contributed by atoms with Crippen LogP contribution in [0.3, 0.4) is 0 Å². The molecule has 1 saturated heterocycles. The second-order valence-corrected chi connectivity index (χ2v) is 4.37. The monoisotopic (exact) mass is 221 g/mol. The number of carbonyl (C=O) groups excluding carboxylic acids is 1. The predicted octanol–water partition coefficient (Wildman–Crippen LogP) is 0.0300. The van der Waals surface area contributed by atoms with Gasteiger partial charge >= 0.3 is 0 Å². The van der Waals surface area contributed by atoms with Crippen LogP contribution in [0.1, 0.15) is 12.1 Å². The molecule has 0 saturated carbocycles. The molecular formula is C11H15N3O2. The molecule has 5 nitrogen and oxygen atoms in total. The van der Waals surface area contributed by atoms with Gasteiger partial charge in [-0.05, 0) is 6.92 Å². The summed E-state index contributed by atoms with van der Waals surface area (Å²) in [5.41, 5.74) is 0.676. The van der Waals surface area contributed by atoms with E-state index in [9.17, 15) is 9.59 Å². The largest absolute Gasteiger partial charge is 0.345 e. The Morgan fingerprint density at radius 2 is 2.25 bits per heavy atom. The van der Waals surface area contributed by atoms with Crippen LogP contribution in [0.25, 0.3) is 0 Å². The first-order valence-corrected chi connectivity index (χ1v) is 5.33. The molecule has 1 aromatic rings. The first-order valence-electron chi connectivity index (χ1n) is 5.33. The van der Waals surface area contributed by atoms with Gasteiger partial charge in [-0.15, -0.1) is 0 Å². The first-order chi connectivity index (χ1) is 7.56. The molecule has 0 radical (unpaired) electrons. The van der Waals surface area contributed by atoms with Crippen LogP contribution in [-0.4, -0.2) is 34.0 Å². The van der Waals surface area contributed by atoms with Gasteiger partial charge in [0.25, 0.3) is 5.56 Å². The van der Waals surface area contributed by atoms with Crippen molar-refractivity contribution < 1.29 is 4.79 Å². The zero-order valence-electron chi connectivity index (χ0n) is 9.51. The molecule has 2 rings (SSSR count). The van der Waals surface area contributed by atoms with Crippen LogP contribution >= 0.6 is 0 Å². The summed E-state index contributed by atoms with van der Waals surface area (Å²) in [5.74, 6) is 0.373. The number of carbonyl (C=O) groups is 1. The van der Waals surface area contributed by atoms with Crippen LogP contribution in [0.2, 0.25) is 0 Å². The predicted molar refractivity (Wildman–Crippen MR) is 59.0 cm³/mol. The summed E-state index contributed by atoms with van der Waals surface area (Å²) < 4.78 is 1.57. The zero-order valence-corrected chi connectivity index (χ0v) is 9.51. The van der Waals surface area contributed by atoms with E-state index in [0.29, 0.717) is 13.0 Å². The number of likely N-dealkylation sites (tertiary alicyclic amines) is 1. The van der Waals surface area contributed by atoms with Gasteiger partial charge in [0.15, 0.2) is 0 Å². The maximum Gasteiger partial charge on any atom is 0.253 e. The average Bonchev–Trinajstić information content (AvgIpc) is 2.51. The summed E-state index contributed by atoms with van der Waals surface area (Å²) in [5, 5.41) is 0. The van der Waals surface area contributed by atoms with Crippen LogP contribution in [0, 0.1) is 12.8 Å². The van der Waals surface area contributed by atoms with Gasteiger partial charge in [-0.2, -0.15) is 0 Å². The summed E-state index contributed by atoms with van der Waals surface area (Å²) >= 11 is 0. The Bertz CT molecular complexity index is 467. The fraction of sp³-hybridized carbons (Fsp3) is 0.545. The van der Waals surface area contributed by atoms with Crippen molar-refractivity contribution in [3.63, 3.8) is 0 Å². The number of aromatic nitrogens is 2. The van der Waals surface area contributed by atoms with E-state index in [1.807, 2.05) is 0 Å². The molecule has 1 unspecified atom stereocenters. The van der Waals surface area contributed by atoms with Crippen molar-refractivity contribution in [1.29, 1.82) is 0 Å². The third-order valence-electron chi connectivity index (χ3n) is 2.89. The third kappa shape index (κ3) is 2.13. The molecule has 86 valence electrons. The molecule has 0 bridgehead atoms. The molecule has 5 heteroatoms. The number of nitrogens with zero attached hydrogens (tertiary/aromatic N) is 3. The Hall–Kier alpha value is -1.65. The minimum absolute atomic E-state index is 0.0468. The molecule has 1 aromatic heterocycles. The van der Waals surface area contributed by atoms with E-state index >= 15 is 0 Å². The molecule has 1 fully saturated rings. The lowest BCUT2D eigenvalue weighted by Gasteiger charge is -2.11. The van der Waals surface area contributed by atoms with Crippen molar-refractivity contribution in [2.45, 2.75) is 19.9 Å². The van der Waals surface area contributed by atoms with Crippen LogP contribution in [0.15, 0.2) is 17.2 Å². The molecule has 1 aliphatic heterocycles. The van der Waals surface area contributed by atoms with Crippen molar-refractivity contribution in [1.82, 2.24) is 14.5 Å². The summed E-state index contributed by atoms with van der Waals surface area (Å²) in [7, 11) is 1.79. The van der Waals surface area contributed by atoms with E-state index < -0.39 is 0 Å². The maximum atomic E-state index is 11.6. The minimum Gasteiger partial charge on any atom is -0.345 e. The van der Waals surface area contributed by atoms with Crippen LogP contribution < -0.4 is 5.56 Å². The highest BCUT2D eigenvalue weighted by Crippen LogP contribution is 2.16. The molecule has 0 aliphatic carbocycles. The summed E-state index contributed by atoms with van der Waals surface area (Å²) in [4.78, 5) is 28.7. The van der Waals surface area contributed by atoms with Gasteiger partial charge in [-0.25, -0.2) is 4.98 Å². The number of amides is 1. The number of aryl methyl sites for hydroxylation is 1.